The number of rotatable bonds is 8. The van der Waals surface area contributed by atoms with Crippen molar-refractivity contribution >= 4 is 23.5 Å². The fourth-order valence-corrected chi connectivity index (χ4v) is 2.45. The largest absolute Gasteiger partial charge is 0.493 e. The molecule has 1 aromatic rings. The highest BCUT2D eigenvalue weighted by atomic mass is 32.1. The van der Waals surface area contributed by atoms with Gasteiger partial charge in [0.2, 0.25) is 0 Å². The highest BCUT2D eigenvalue weighted by Crippen LogP contribution is 2.27. The quantitative estimate of drug-likeness (QED) is 0.426. The number of benzene rings is 1. The van der Waals surface area contributed by atoms with E-state index in [0.29, 0.717) is 29.8 Å². The van der Waals surface area contributed by atoms with Crippen molar-refractivity contribution in [3.05, 3.63) is 23.8 Å². The predicted molar refractivity (Wildman–Crippen MR) is 99.1 cm³/mol. The van der Waals surface area contributed by atoms with E-state index in [4.69, 9.17) is 26.4 Å². The van der Waals surface area contributed by atoms with Crippen molar-refractivity contribution in [1.29, 1.82) is 0 Å². The van der Waals surface area contributed by atoms with Crippen LogP contribution in [-0.2, 0) is 4.74 Å². The Kier molecular flexibility index (Phi) is 7.77. The number of hydrogen-bond donors (Lipinski definition) is 2. The summed E-state index contributed by atoms with van der Waals surface area (Å²) >= 11 is 5.19. The lowest BCUT2D eigenvalue weighted by atomic mass is 10.2. The average molecular weight is 351 g/mol. The maximum absolute atomic E-state index is 5.68. The Morgan fingerprint density at radius 1 is 1.46 bits per heavy atom. The van der Waals surface area contributed by atoms with Gasteiger partial charge in [0.15, 0.2) is 16.6 Å². The van der Waals surface area contributed by atoms with Gasteiger partial charge in [-0.05, 0) is 55.2 Å². The van der Waals surface area contributed by atoms with E-state index in [9.17, 15) is 0 Å². The molecule has 6 nitrogen and oxygen atoms in total. The molecule has 1 fully saturated rings. The molecular weight excluding hydrogens is 326 g/mol. The van der Waals surface area contributed by atoms with E-state index < -0.39 is 0 Å². The van der Waals surface area contributed by atoms with Crippen LogP contribution in [-0.4, -0.2) is 44.3 Å². The molecule has 1 aliphatic rings. The minimum absolute atomic E-state index is 0.244. The molecule has 0 saturated carbocycles. The Morgan fingerprint density at radius 3 is 3.04 bits per heavy atom. The van der Waals surface area contributed by atoms with Crippen LogP contribution in [0.25, 0.3) is 0 Å². The zero-order valence-electron chi connectivity index (χ0n) is 14.2. The van der Waals surface area contributed by atoms with Crippen LogP contribution < -0.4 is 20.2 Å². The van der Waals surface area contributed by atoms with Gasteiger partial charge in [-0.25, -0.2) is 0 Å². The number of nitrogens with one attached hydrogen (secondary N) is 2. The van der Waals surface area contributed by atoms with Crippen LogP contribution in [0.15, 0.2) is 23.3 Å². The number of methoxy groups -OCH3 is 1. The molecule has 2 N–H and O–H groups in total. The number of thiocarbonyl (C=S) groups is 1. The van der Waals surface area contributed by atoms with Crippen molar-refractivity contribution in [3.8, 4) is 11.5 Å². The third-order valence-electron chi connectivity index (χ3n) is 3.54. The number of ether oxygens (including phenoxy) is 3. The highest BCUT2D eigenvalue weighted by molar-refractivity contribution is 7.80. The van der Waals surface area contributed by atoms with Crippen LogP contribution in [0, 0.1) is 0 Å². The van der Waals surface area contributed by atoms with Gasteiger partial charge in [-0.2, -0.15) is 5.10 Å². The molecule has 0 unspecified atom stereocenters. The monoisotopic (exact) mass is 351 g/mol. The Morgan fingerprint density at radius 2 is 2.33 bits per heavy atom. The van der Waals surface area contributed by atoms with Gasteiger partial charge in [0.25, 0.3) is 0 Å². The van der Waals surface area contributed by atoms with E-state index in [2.05, 4.69) is 22.8 Å². The van der Waals surface area contributed by atoms with Crippen molar-refractivity contribution in [2.45, 2.75) is 32.3 Å². The van der Waals surface area contributed by atoms with Crippen molar-refractivity contribution in [2.24, 2.45) is 5.10 Å². The van der Waals surface area contributed by atoms with Crippen molar-refractivity contribution < 1.29 is 14.2 Å². The lowest BCUT2D eigenvalue weighted by molar-refractivity contribution is 0.114. The fraction of sp³-hybridized carbons (Fsp3) is 0.529. The maximum atomic E-state index is 5.68. The smallest absolute Gasteiger partial charge is 0.187 e. The topological polar surface area (TPSA) is 64.1 Å². The molecule has 0 spiro atoms. The first kappa shape index (κ1) is 18.5. The van der Waals surface area contributed by atoms with E-state index in [-0.39, 0.29) is 6.10 Å². The number of hydrazone groups is 1. The van der Waals surface area contributed by atoms with E-state index in [1.807, 2.05) is 18.2 Å². The van der Waals surface area contributed by atoms with Gasteiger partial charge in [-0.3, -0.25) is 5.43 Å². The Labute approximate surface area is 148 Å². The zero-order valence-corrected chi connectivity index (χ0v) is 15.0. The van der Waals surface area contributed by atoms with Crippen molar-refractivity contribution in [1.82, 2.24) is 10.7 Å². The molecule has 0 amide bonds. The molecular formula is C17H25N3O3S. The van der Waals surface area contributed by atoms with Gasteiger partial charge >= 0.3 is 0 Å². The molecule has 7 heteroatoms. The summed E-state index contributed by atoms with van der Waals surface area (Å²) in [6.45, 7) is 4.25. The molecule has 2 rings (SSSR count). The van der Waals surface area contributed by atoms with Crippen LogP contribution in [0.1, 0.15) is 31.7 Å². The molecule has 1 heterocycles. The lowest BCUT2D eigenvalue weighted by Crippen LogP contribution is -2.37. The molecule has 0 radical (unpaired) electrons. The maximum Gasteiger partial charge on any atom is 0.187 e. The second kappa shape index (κ2) is 10.1. The van der Waals surface area contributed by atoms with Gasteiger partial charge in [-0.1, -0.05) is 6.92 Å². The molecule has 0 aliphatic carbocycles. The van der Waals surface area contributed by atoms with Gasteiger partial charge < -0.3 is 19.5 Å². The summed E-state index contributed by atoms with van der Waals surface area (Å²) in [6, 6.07) is 5.66. The number of nitrogens with zero attached hydrogens (tertiary/aromatic N) is 1. The van der Waals surface area contributed by atoms with Crippen LogP contribution in [0.4, 0.5) is 0 Å². The summed E-state index contributed by atoms with van der Waals surface area (Å²) < 4.78 is 16.5. The predicted octanol–water partition coefficient (Wildman–Crippen LogP) is 2.46. The molecule has 1 atom stereocenters. The molecule has 0 aromatic heterocycles. The summed E-state index contributed by atoms with van der Waals surface area (Å²) in [6.07, 6.45) is 5.07. The third kappa shape index (κ3) is 5.98. The van der Waals surface area contributed by atoms with Gasteiger partial charge in [0, 0.05) is 13.2 Å². The minimum atomic E-state index is 0.244. The average Bonchev–Trinajstić information content (AvgIpc) is 3.12. The number of hydrogen-bond acceptors (Lipinski definition) is 5. The molecule has 0 bridgehead atoms. The minimum Gasteiger partial charge on any atom is -0.493 e. The van der Waals surface area contributed by atoms with E-state index in [1.165, 1.54) is 0 Å². The molecule has 1 aliphatic heterocycles. The second-order valence-corrected chi connectivity index (χ2v) is 5.88. The summed E-state index contributed by atoms with van der Waals surface area (Å²) in [5.74, 6) is 1.42. The highest BCUT2D eigenvalue weighted by Gasteiger charge is 2.15. The first-order valence-electron chi connectivity index (χ1n) is 8.22. The first-order valence-corrected chi connectivity index (χ1v) is 8.63. The normalized spacial score (nSPS) is 17.0. The molecule has 132 valence electrons. The standard InChI is InChI=1S/C17H25N3O3S/c1-3-8-23-16-10-13(6-7-15(16)21-2)11-19-20-17(24)18-12-14-5-4-9-22-14/h6-7,10-11,14H,3-5,8-9,12H2,1-2H3,(H2,18,20,24)/b19-11-/t14-/m1/s1. The summed E-state index contributed by atoms with van der Waals surface area (Å²) in [5.41, 5.74) is 3.71. The zero-order chi connectivity index (χ0) is 17.2. The Bertz CT molecular complexity index is 560. The van der Waals surface area contributed by atoms with Crippen LogP contribution in [0.2, 0.25) is 0 Å². The van der Waals surface area contributed by atoms with E-state index >= 15 is 0 Å². The van der Waals surface area contributed by atoms with Gasteiger partial charge in [-0.15, -0.1) is 0 Å². The van der Waals surface area contributed by atoms with Crippen molar-refractivity contribution in [3.63, 3.8) is 0 Å². The van der Waals surface area contributed by atoms with Crippen molar-refractivity contribution in [2.75, 3.05) is 26.9 Å². The lowest BCUT2D eigenvalue weighted by Gasteiger charge is -2.12. The molecule has 1 saturated heterocycles. The van der Waals surface area contributed by atoms with E-state index in [1.54, 1.807) is 13.3 Å². The third-order valence-corrected chi connectivity index (χ3v) is 3.78. The van der Waals surface area contributed by atoms with Crippen LogP contribution >= 0.6 is 12.2 Å². The Hall–Kier alpha value is -1.86. The first-order chi connectivity index (χ1) is 11.7. The SMILES string of the molecule is CCCOc1cc(/C=N\NC(=S)NC[C@H]2CCCO2)ccc1OC. The van der Waals surface area contributed by atoms with Crippen LogP contribution in [0.3, 0.4) is 0 Å². The fourth-order valence-electron chi connectivity index (χ4n) is 2.32. The molecule has 24 heavy (non-hydrogen) atoms. The van der Waals surface area contributed by atoms with Gasteiger partial charge in [0.1, 0.15) is 0 Å². The Balaban J connectivity index is 1.82. The molecule has 1 aromatic carbocycles. The van der Waals surface area contributed by atoms with E-state index in [0.717, 1.165) is 31.4 Å². The summed E-state index contributed by atoms with van der Waals surface area (Å²) in [7, 11) is 1.63. The van der Waals surface area contributed by atoms with Gasteiger partial charge in [0.05, 0.1) is 26.0 Å². The summed E-state index contributed by atoms with van der Waals surface area (Å²) in [5, 5.41) is 7.74. The van der Waals surface area contributed by atoms with Crippen LogP contribution in [0.5, 0.6) is 11.5 Å². The second-order valence-electron chi connectivity index (χ2n) is 5.47. The summed E-state index contributed by atoms with van der Waals surface area (Å²) in [4.78, 5) is 0.